The van der Waals surface area contributed by atoms with E-state index in [-0.39, 0.29) is 11.9 Å². The van der Waals surface area contributed by atoms with Gasteiger partial charge in [0.15, 0.2) is 5.82 Å². The summed E-state index contributed by atoms with van der Waals surface area (Å²) in [6.45, 7) is 4.23. The van der Waals surface area contributed by atoms with Crippen molar-refractivity contribution in [1.82, 2.24) is 20.2 Å². The van der Waals surface area contributed by atoms with Gasteiger partial charge in [-0.25, -0.2) is 9.98 Å². The van der Waals surface area contributed by atoms with Crippen LogP contribution >= 0.6 is 0 Å². The molecule has 0 aliphatic carbocycles. The lowest BCUT2D eigenvalue weighted by Crippen LogP contribution is -2.34. The molecule has 2 aromatic rings. The summed E-state index contributed by atoms with van der Waals surface area (Å²) in [5.74, 6) is -0.176. The molecule has 0 fully saturated rings. The number of H-pyrrole nitrogens is 2. The Morgan fingerprint density at radius 2 is 2.23 bits per heavy atom. The predicted octanol–water partition coefficient (Wildman–Crippen LogP) is 2.33. The molecule has 2 N–H and O–H groups in total. The largest absolute Gasteiger partial charge is 0.465 e. The Balaban J connectivity index is 2.10. The normalized spacial score (nSPS) is 20.4. The highest BCUT2D eigenvalue weighted by atomic mass is 16.5. The quantitative estimate of drug-likeness (QED) is 0.828. The SMILES string of the molecule is CCCC1=Nc2[nH]ncc2C(c2cnc[nH]2)C1C(=O)OCC. The Labute approximate surface area is 128 Å². The van der Waals surface area contributed by atoms with Crippen molar-refractivity contribution in [2.45, 2.75) is 32.6 Å². The van der Waals surface area contributed by atoms with Crippen LogP contribution in [0.4, 0.5) is 5.82 Å². The summed E-state index contributed by atoms with van der Waals surface area (Å²) in [5, 5.41) is 6.99. The zero-order valence-corrected chi connectivity index (χ0v) is 12.7. The average Bonchev–Trinajstić information content (AvgIpc) is 3.17. The highest BCUT2D eigenvalue weighted by Gasteiger charge is 2.41. The molecule has 7 heteroatoms. The monoisotopic (exact) mass is 301 g/mol. The van der Waals surface area contributed by atoms with Gasteiger partial charge in [-0.05, 0) is 13.3 Å². The first-order valence-electron chi connectivity index (χ1n) is 7.51. The fourth-order valence-electron chi connectivity index (χ4n) is 2.95. The van der Waals surface area contributed by atoms with Crippen LogP contribution in [-0.2, 0) is 9.53 Å². The van der Waals surface area contributed by atoms with Crippen LogP contribution in [0.15, 0.2) is 23.7 Å². The Kier molecular flexibility index (Phi) is 4.04. The van der Waals surface area contributed by atoms with E-state index in [0.717, 1.165) is 29.8 Å². The van der Waals surface area contributed by atoms with Crippen molar-refractivity contribution in [2.24, 2.45) is 10.9 Å². The lowest BCUT2D eigenvalue weighted by molar-refractivity contribution is -0.146. The van der Waals surface area contributed by atoms with Crippen LogP contribution in [-0.4, -0.2) is 38.5 Å². The molecule has 2 unspecified atom stereocenters. The van der Waals surface area contributed by atoms with Crippen LogP contribution in [0.1, 0.15) is 43.9 Å². The van der Waals surface area contributed by atoms with E-state index in [0.29, 0.717) is 12.4 Å². The summed E-state index contributed by atoms with van der Waals surface area (Å²) >= 11 is 0. The number of aliphatic imine (C=N–C) groups is 1. The number of carbonyl (C=O) groups is 1. The van der Waals surface area contributed by atoms with Crippen molar-refractivity contribution < 1.29 is 9.53 Å². The van der Waals surface area contributed by atoms with Crippen molar-refractivity contribution in [3.8, 4) is 0 Å². The van der Waals surface area contributed by atoms with Crippen LogP contribution in [0.25, 0.3) is 0 Å². The van der Waals surface area contributed by atoms with Crippen LogP contribution in [0, 0.1) is 5.92 Å². The lowest BCUT2D eigenvalue weighted by atomic mass is 9.78. The molecule has 2 atom stereocenters. The maximum absolute atomic E-state index is 12.6. The minimum atomic E-state index is -0.439. The summed E-state index contributed by atoms with van der Waals surface area (Å²) in [4.78, 5) is 24.4. The molecule has 0 radical (unpaired) electrons. The van der Waals surface area contributed by atoms with Gasteiger partial charge in [0.05, 0.1) is 19.1 Å². The molecule has 0 spiro atoms. The number of aromatic nitrogens is 4. The minimum Gasteiger partial charge on any atom is -0.465 e. The molecular weight excluding hydrogens is 282 g/mol. The van der Waals surface area contributed by atoms with E-state index in [2.05, 4.69) is 32.1 Å². The standard InChI is InChI=1S/C15H19N5O2/c1-3-5-10-13(15(21)22-4-2)12(11-7-16-8-17-11)9-6-18-20-14(9)19-10/h6-8,12-13H,3-5H2,1-2H3,(H,16,17)(H,18,20). The molecule has 7 nitrogen and oxygen atoms in total. The van der Waals surface area contributed by atoms with Crippen molar-refractivity contribution in [3.05, 3.63) is 30.0 Å². The first kappa shape index (κ1) is 14.5. The van der Waals surface area contributed by atoms with E-state index in [4.69, 9.17) is 4.74 Å². The molecule has 2 aromatic heterocycles. The van der Waals surface area contributed by atoms with E-state index in [1.54, 1.807) is 18.7 Å². The number of nitrogens with zero attached hydrogens (tertiary/aromatic N) is 3. The average molecular weight is 301 g/mol. The summed E-state index contributed by atoms with van der Waals surface area (Å²) in [5.41, 5.74) is 2.59. The molecule has 0 aromatic carbocycles. The zero-order chi connectivity index (χ0) is 15.5. The zero-order valence-electron chi connectivity index (χ0n) is 12.7. The maximum Gasteiger partial charge on any atom is 0.315 e. The Bertz CT molecular complexity index is 674. The first-order chi connectivity index (χ1) is 10.8. The number of imidazole rings is 1. The summed E-state index contributed by atoms with van der Waals surface area (Å²) in [6, 6.07) is 0. The van der Waals surface area contributed by atoms with Crippen LogP contribution in [0.3, 0.4) is 0 Å². The third-order valence-electron chi connectivity index (χ3n) is 3.83. The second kappa shape index (κ2) is 6.13. The topological polar surface area (TPSA) is 96.0 Å². The summed E-state index contributed by atoms with van der Waals surface area (Å²) < 4.78 is 5.29. The number of rotatable bonds is 5. The Hall–Kier alpha value is -2.44. The molecule has 3 rings (SSSR count). The number of ether oxygens (including phenoxy) is 1. The number of hydrogen-bond donors (Lipinski definition) is 2. The predicted molar refractivity (Wildman–Crippen MR) is 81.1 cm³/mol. The number of aromatic amines is 2. The lowest BCUT2D eigenvalue weighted by Gasteiger charge is -2.29. The van der Waals surface area contributed by atoms with Gasteiger partial charge in [0, 0.05) is 29.1 Å². The Morgan fingerprint density at radius 3 is 2.91 bits per heavy atom. The Morgan fingerprint density at radius 1 is 1.36 bits per heavy atom. The third kappa shape index (κ3) is 2.43. The molecule has 1 aliphatic heterocycles. The number of hydrogen-bond acceptors (Lipinski definition) is 5. The summed E-state index contributed by atoms with van der Waals surface area (Å²) in [6.07, 6.45) is 6.73. The van der Waals surface area contributed by atoms with E-state index in [1.807, 2.05) is 6.92 Å². The van der Waals surface area contributed by atoms with Gasteiger partial charge in [-0.3, -0.25) is 9.89 Å². The van der Waals surface area contributed by atoms with Gasteiger partial charge in [0.2, 0.25) is 0 Å². The van der Waals surface area contributed by atoms with E-state index >= 15 is 0 Å². The molecular formula is C15H19N5O2. The second-order valence-corrected chi connectivity index (χ2v) is 5.24. The van der Waals surface area contributed by atoms with Crippen molar-refractivity contribution in [2.75, 3.05) is 6.61 Å². The first-order valence-corrected chi connectivity index (χ1v) is 7.51. The van der Waals surface area contributed by atoms with Gasteiger partial charge in [0.25, 0.3) is 0 Å². The van der Waals surface area contributed by atoms with Crippen LogP contribution in [0.5, 0.6) is 0 Å². The van der Waals surface area contributed by atoms with Crippen molar-refractivity contribution >= 4 is 17.5 Å². The molecule has 0 bridgehead atoms. The number of nitrogens with one attached hydrogen (secondary N) is 2. The van der Waals surface area contributed by atoms with Gasteiger partial charge in [-0.1, -0.05) is 13.3 Å². The molecule has 22 heavy (non-hydrogen) atoms. The molecule has 0 amide bonds. The fraction of sp³-hybridized carbons (Fsp3) is 0.467. The highest BCUT2D eigenvalue weighted by Crippen LogP contribution is 2.41. The number of carbonyl (C=O) groups excluding carboxylic acids is 1. The van der Waals surface area contributed by atoms with Gasteiger partial charge in [-0.15, -0.1) is 0 Å². The van der Waals surface area contributed by atoms with Crippen molar-refractivity contribution in [3.63, 3.8) is 0 Å². The molecule has 3 heterocycles. The van der Waals surface area contributed by atoms with E-state index in [1.165, 1.54) is 0 Å². The maximum atomic E-state index is 12.6. The van der Waals surface area contributed by atoms with Gasteiger partial charge < -0.3 is 9.72 Å². The molecule has 1 aliphatic rings. The third-order valence-corrected chi connectivity index (χ3v) is 3.83. The van der Waals surface area contributed by atoms with Crippen LogP contribution in [0.2, 0.25) is 0 Å². The highest BCUT2D eigenvalue weighted by molar-refractivity contribution is 6.05. The smallest absolute Gasteiger partial charge is 0.315 e. The van der Waals surface area contributed by atoms with Gasteiger partial charge >= 0.3 is 5.97 Å². The molecule has 116 valence electrons. The van der Waals surface area contributed by atoms with Gasteiger partial charge in [-0.2, -0.15) is 5.10 Å². The summed E-state index contributed by atoms with van der Waals surface area (Å²) in [7, 11) is 0. The molecule has 0 saturated carbocycles. The minimum absolute atomic E-state index is 0.200. The van der Waals surface area contributed by atoms with E-state index < -0.39 is 5.92 Å². The molecule has 0 saturated heterocycles. The van der Waals surface area contributed by atoms with E-state index in [9.17, 15) is 4.79 Å². The second-order valence-electron chi connectivity index (χ2n) is 5.24. The van der Waals surface area contributed by atoms with Gasteiger partial charge in [0.1, 0.15) is 5.92 Å². The van der Waals surface area contributed by atoms with Crippen LogP contribution < -0.4 is 0 Å². The number of fused-ring (bicyclic) bond motifs is 1. The van der Waals surface area contributed by atoms with Crippen molar-refractivity contribution in [1.29, 1.82) is 0 Å². The fourth-order valence-corrected chi connectivity index (χ4v) is 2.95. The number of esters is 1.